The number of amides is 2. The predicted octanol–water partition coefficient (Wildman–Crippen LogP) is 2.50. The van der Waals surface area contributed by atoms with Crippen molar-refractivity contribution in [2.45, 2.75) is 11.8 Å². The second-order valence-electron chi connectivity index (χ2n) is 5.62. The van der Waals surface area contributed by atoms with Crippen molar-refractivity contribution >= 4 is 50.6 Å². The molecule has 2 unspecified atom stereocenters. The molecule has 6 nitrogen and oxygen atoms in total. The Morgan fingerprint density at radius 1 is 1.30 bits per heavy atom. The van der Waals surface area contributed by atoms with Gasteiger partial charge in [-0.25, -0.2) is 4.99 Å². The fourth-order valence-electron chi connectivity index (χ4n) is 2.47. The van der Waals surface area contributed by atoms with Crippen LogP contribution in [0.4, 0.5) is 13.2 Å². The van der Waals surface area contributed by atoms with E-state index in [-0.39, 0.29) is 5.84 Å². The molecule has 0 aromatic carbocycles. The largest absolute Gasteiger partial charge is 0.431 e. The van der Waals surface area contributed by atoms with Gasteiger partial charge in [-0.3, -0.25) is 9.59 Å². The van der Waals surface area contributed by atoms with E-state index in [0.717, 1.165) is 6.07 Å². The molecule has 2 aliphatic rings. The summed E-state index contributed by atoms with van der Waals surface area (Å²) in [6, 6.07) is 2.30. The molecule has 0 saturated carbocycles. The summed E-state index contributed by atoms with van der Waals surface area (Å²) in [5, 5.41) is 12.1. The van der Waals surface area contributed by atoms with Crippen molar-refractivity contribution in [3.63, 3.8) is 0 Å². The zero-order valence-corrected chi connectivity index (χ0v) is 15.7. The Morgan fingerprint density at radius 2 is 2.04 bits per heavy atom. The number of rotatable bonds is 4. The number of hydrogen-bond donors (Lipinski definition) is 2. The highest BCUT2D eigenvalue weighted by Crippen LogP contribution is 2.43. The van der Waals surface area contributed by atoms with E-state index in [4.69, 9.17) is 0 Å². The molecule has 1 aliphatic carbocycles. The Kier molecular flexibility index (Phi) is 5.19. The molecular formula is C16H11BrF3N3O3S. The van der Waals surface area contributed by atoms with Crippen molar-refractivity contribution in [1.29, 1.82) is 0 Å². The van der Waals surface area contributed by atoms with Gasteiger partial charge in [0.1, 0.15) is 5.92 Å². The zero-order valence-electron chi connectivity index (χ0n) is 13.3. The molecule has 0 saturated heterocycles. The SMILES string of the molecule is O=C1N=C(CNC(=O)C(O)(c2ccc(Br)s2)C(F)(F)F)N=C2C=CC=CC12. The number of nitrogens with zero attached hydrogens (tertiary/aromatic N) is 2. The normalized spacial score (nSPS) is 21.2. The molecule has 2 heterocycles. The third-order valence-electron chi connectivity index (χ3n) is 3.84. The topological polar surface area (TPSA) is 91.1 Å². The first-order valence-electron chi connectivity index (χ1n) is 7.51. The number of carbonyl (C=O) groups is 2. The molecule has 2 atom stereocenters. The summed E-state index contributed by atoms with van der Waals surface area (Å²) in [6.07, 6.45) is 1.23. The van der Waals surface area contributed by atoms with Gasteiger partial charge in [-0.15, -0.1) is 11.3 Å². The summed E-state index contributed by atoms with van der Waals surface area (Å²) in [5.74, 6) is -2.99. The van der Waals surface area contributed by atoms with Gasteiger partial charge in [0.2, 0.25) is 0 Å². The summed E-state index contributed by atoms with van der Waals surface area (Å²) in [4.78, 5) is 31.4. The monoisotopic (exact) mass is 461 g/mol. The standard InChI is InChI=1S/C16H11BrF3N3O3S/c17-11-6-5-10(27-11)15(26,16(18,19)20)14(25)21-7-12-22-9-4-2-1-3-8(9)13(24)23-12/h1-6,8,26H,7H2,(H,21,25). The second kappa shape index (κ2) is 7.13. The maximum atomic E-state index is 13.5. The molecule has 2 amide bonds. The van der Waals surface area contributed by atoms with E-state index in [9.17, 15) is 27.9 Å². The van der Waals surface area contributed by atoms with Gasteiger partial charge < -0.3 is 10.4 Å². The van der Waals surface area contributed by atoms with E-state index in [1.165, 1.54) is 6.07 Å². The molecule has 0 fully saturated rings. The van der Waals surface area contributed by atoms with Crippen LogP contribution in [-0.2, 0) is 15.2 Å². The number of hydrogen-bond acceptors (Lipinski definition) is 5. The van der Waals surface area contributed by atoms with E-state index in [1.807, 2.05) is 5.32 Å². The number of thiophene rings is 1. The van der Waals surface area contributed by atoms with Crippen molar-refractivity contribution in [1.82, 2.24) is 5.32 Å². The highest BCUT2D eigenvalue weighted by atomic mass is 79.9. The van der Waals surface area contributed by atoms with Crippen molar-refractivity contribution in [3.8, 4) is 0 Å². The van der Waals surface area contributed by atoms with E-state index in [0.29, 0.717) is 20.8 Å². The minimum atomic E-state index is -5.25. The number of alkyl halides is 3. The molecule has 1 aromatic rings. The zero-order chi connectivity index (χ0) is 19.8. The van der Waals surface area contributed by atoms with Crippen molar-refractivity contribution in [3.05, 3.63) is 45.1 Å². The summed E-state index contributed by atoms with van der Waals surface area (Å²) >= 11 is 3.59. The number of allylic oxidation sites excluding steroid dienone is 3. The maximum Gasteiger partial charge on any atom is 0.431 e. The van der Waals surface area contributed by atoms with Gasteiger partial charge in [-0.05, 0) is 34.1 Å². The number of nitrogens with one attached hydrogen (secondary N) is 1. The fourth-order valence-corrected chi connectivity index (χ4v) is 3.97. The summed E-state index contributed by atoms with van der Waals surface area (Å²) in [5.41, 5.74) is -3.35. The summed E-state index contributed by atoms with van der Waals surface area (Å²) in [6.45, 7) is -0.538. The Bertz CT molecular complexity index is 920. The third kappa shape index (κ3) is 3.66. The lowest BCUT2D eigenvalue weighted by atomic mass is 9.96. The third-order valence-corrected chi connectivity index (χ3v) is 5.57. The van der Waals surface area contributed by atoms with Crippen molar-refractivity contribution in [2.75, 3.05) is 6.54 Å². The second-order valence-corrected chi connectivity index (χ2v) is 8.08. The van der Waals surface area contributed by atoms with Crippen LogP contribution >= 0.6 is 27.3 Å². The van der Waals surface area contributed by atoms with Gasteiger partial charge in [0.15, 0.2) is 5.84 Å². The number of halogens is 4. The van der Waals surface area contributed by atoms with Crippen molar-refractivity contribution < 1.29 is 27.9 Å². The molecule has 0 radical (unpaired) electrons. The van der Waals surface area contributed by atoms with Gasteiger partial charge >= 0.3 is 6.18 Å². The van der Waals surface area contributed by atoms with Crippen LogP contribution in [0.25, 0.3) is 0 Å². The van der Waals surface area contributed by atoms with E-state index >= 15 is 0 Å². The average Bonchev–Trinajstić information content (AvgIpc) is 3.04. The fraction of sp³-hybridized carbons (Fsp3) is 0.250. The molecule has 1 aliphatic heterocycles. The summed E-state index contributed by atoms with van der Waals surface area (Å²) < 4.78 is 40.7. The Balaban J connectivity index is 1.80. The number of aliphatic hydroxyl groups is 1. The van der Waals surface area contributed by atoms with Crippen LogP contribution in [0.3, 0.4) is 0 Å². The first-order valence-corrected chi connectivity index (χ1v) is 9.12. The Hall–Kier alpha value is -2.11. The lowest BCUT2D eigenvalue weighted by molar-refractivity contribution is -0.255. The minimum absolute atomic E-state index is 0.142. The molecule has 1 aromatic heterocycles. The van der Waals surface area contributed by atoms with Crippen LogP contribution in [0.1, 0.15) is 4.88 Å². The molecule has 11 heteroatoms. The molecule has 142 valence electrons. The molecule has 2 N–H and O–H groups in total. The molecular weight excluding hydrogens is 451 g/mol. The molecule has 27 heavy (non-hydrogen) atoms. The van der Waals surface area contributed by atoms with Crippen LogP contribution in [0.5, 0.6) is 0 Å². The molecule has 0 spiro atoms. The average molecular weight is 462 g/mol. The first kappa shape index (κ1) is 19.6. The van der Waals surface area contributed by atoms with Gasteiger partial charge in [0.25, 0.3) is 17.4 Å². The van der Waals surface area contributed by atoms with Gasteiger partial charge in [0.05, 0.1) is 20.9 Å². The van der Waals surface area contributed by atoms with Gasteiger partial charge in [-0.2, -0.15) is 18.2 Å². The number of amidine groups is 1. The maximum absolute atomic E-state index is 13.5. The van der Waals surface area contributed by atoms with Crippen LogP contribution in [0, 0.1) is 5.92 Å². The van der Waals surface area contributed by atoms with Crippen LogP contribution in [0.2, 0.25) is 0 Å². The number of aliphatic imine (C=N–C) groups is 2. The van der Waals surface area contributed by atoms with Crippen LogP contribution in [0.15, 0.2) is 50.2 Å². The predicted molar refractivity (Wildman–Crippen MR) is 96.6 cm³/mol. The van der Waals surface area contributed by atoms with Gasteiger partial charge in [-0.1, -0.05) is 18.2 Å². The number of fused-ring (bicyclic) bond motifs is 1. The van der Waals surface area contributed by atoms with E-state index < -0.39 is 40.9 Å². The summed E-state index contributed by atoms with van der Waals surface area (Å²) in [7, 11) is 0. The van der Waals surface area contributed by atoms with Crippen molar-refractivity contribution in [2.24, 2.45) is 15.9 Å². The quantitative estimate of drug-likeness (QED) is 0.721. The molecule has 3 rings (SSSR count). The van der Waals surface area contributed by atoms with Crippen LogP contribution in [-0.4, -0.2) is 41.2 Å². The highest BCUT2D eigenvalue weighted by molar-refractivity contribution is 9.11. The number of carbonyl (C=O) groups excluding carboxylic acids is 2. The van der Waals surface area contributed by atoms with Crippen LogP contribution < -0.4 is 5.32 Å². The highest BCUT2D eigenvalue weighted by Gasteiger charge is 2.61. The minimum Gasteiger partial charge on any atom is -0.368 e. The van der Waals surface area contributed by atoms with Gasteiger partial charge in [0, 0.05) is 0 Å². The first-order chi connectivity index (χ1) is 12.6. The molecule has 0 bridgehead atoms. The van der Waals surface area contributed by atoms with E-state index in [1.54, 1.807) is 24.3 Å². The Labute approximate surface area is 163 Å². The Morgan fingerprint density at radius 3 is 2.67 bits per heavy atom. The lowest BCUT2D eigenvalue weighted by Gasteiger charge is -2.28. The smallest absolute Gasteiger partial charge is 0.368 e. The van der Waals surface area contributed by atoms with E-state index in [2.05, 4.69) is 25.9 Å². The lowest BCUT2D eigenvalue weighted by Crippen LogP contribution is -2.54.